The van der Waals surface area contributed by atoms with Crippen molar-refractivity contribution in [3.05, 3.63) is 35.5 Å². The molecule has 0 bridgehead atoms. The van der Waals surface area contributed by atoms with Gasteiger partial charge in [-0.05, 0) is 24.4 Å². The molecule has 2 heteroatoms. The van der Waals surface area contributed by atoms with Crippen molar-refractivity contribution in [2.45, 2.75) is 20.8 Å². The number of hydrogen-bond acceptors (Lipinski definition) is 2. The van der Waals surface area contributed by atoms with Crippen molar-refractivity contribution in [3.63, 3.8) is 0 Å². The van der Waals surface area contributed by atoms with Gasteiger partial charge in [-0.1, -0.05) is 31.9 Å². The van der Waals surface area contributed by atoms with Crippen LogP contribution in [0.4, 0.5) is 5.82 Å². The monoisotopic (exact) mass is 212 g/mol. The molecule has 2 rings (SSSR count). The molecule has 0 amide bonds. The molecule has 16 heavy (non-hydrogen) atoms. The first-order chi connectivity index (χ1) is 7.72. The zero-order valence-corrected chi connectivity index (χ0v) is 9.91. The minimum absolute atomic E-state index is 0.532. The van der Waals surface area contributed by atoms with Crippen molar-refractivity contribution in [2.75, 3.05) is 5.73 Å². The van der Waals surface area contributed by atoms with E-state index >= 15 is 0 Å². The summed E-state index contributed by atoms with van der Waals surface area (Å²) in [6, 6.07) is 7.66. The molecule has 2 N–H and O–H groups in total. The van der Waals surface area contributed by atoms with E-state index in [2.05, 4.69) is 10.9 Å². The summed E-state index contributed by atoms with van der Waals surface area (Å²) >= 11 is 0. The van der Waals surface area contributed by atoms with Gasteiger partial charge in [-0.3, -0.25) is 0 Å². The van der Waals surface area contributed by atoms with Crippen LogP contribution >= 0.6 is 0 Å². The van der Waals surface area contributed by atoms with Crippen LogP contribution in [0.5, 0.6) is 0 Å². The minimum atomic E-state index is 0.532. The molecule has 0 spiro atoms. The maximum atomic E-state index is 5.65. The summed E-state index contributed by atoms with van der Waals surface area (Å²) in [5.41, 5.74) is 7.40. The van der Waals surface area contributed by atoms with Crippen molar-refractivity contribution in [1.29, 1.82) is 0 Å². The lowest BCUT2D eigenvalue weighted by atomic mass is 10.0. The van der Waals surface area contributed by atoms with E-state index in [1.807, 2.05) is 45.0 Å². The lowest BCUT2D eigenvalue weighted by molar-refractivity contribution is 1.24. The summed E-state index contributed by atoms with van der Waals surface area (Å²) < 4.78 is 0. The molecular weight excluding hydrogens is 196 g/mol. The number of fused-ring (bicyclic) bond motifs is 1. The van der Waals surface area contributed by atoms with Gasteiger partial charge in [0.1, 0.15) is 5.82 Å². The summed E-state index contributed by atoms with van der Waals surface area (Å²) in [6.07, 6.45) is 5.41. The lowest BCUT2D eigenvalue weighted by Gasteiger charge is -2.05. The maximum Gasteiger partial charge on any atom is 0.124 e. The molecule has 0 saturated carbocycles. The molecule has 1 aromatic carbocycles. The fourth-order valence-corrected chi connectivity index (χ4v) is 1.66. The molecule has 2 aromatic rings. The van der Waals surface area contributed by atoms with Crippen LogP contribution in [0.1, 0.15) is 25.1 Å². The summed E-state index contributed by atoms with van der Waals surface area (Å²) in [4.78, 5) is 4.19. The number of nitrogen functional groups attached to an aromatic ring is 1. The smallest absolute Gasteiger partial charge is 0.124 e. The van der Waals surface area contributed by atoms with Gasteiger partial charge < -0.3 is 5.73 Å². The van der Waals surface area contributed by atoms with Crippen LogP contribution in [0.2, 0.25) is 0 Å². The van der Waals surface area contributed by atoms with E-state index in [0.29, 0.717) is 5.82 Å². The Hall–Kier alpha value is -2.01. The number of nitrogens with zero attached hydrogens (tertiary/aromatic N) is 1. The Kier molecular flexibility index (Phi) is 3.90. The minimum Gasteiger partial charge on any atom is -0.384 e. The molecule has 1 heterocycles. The number of benzene rings is 1. The second-order valence-corrected chi connectivity index (χ2v) is 3.18. The quantitative estimate of drug-likeness (QED) is 0.681. The molecule has 1 aromatic heterocycles. The highest BCUT2D eigenvalue weighted by molar-refractivity contribution is 5.91. The Morgan fingerprint density at radius 3 is 2.62 bits per heavy atom. The molecule has 0 atom stereocenters. The first-order valence-corrected chi connectivity index (χ1v) is 5.35. The summed E-state index contributed by atoms with van der Waals surface area (Å²) in [7, 11) is 0. The number of pyridine rings is 1. The van der Waals surface area contributed by atoms with Crippen molar-refractivity contribution in [3.8, 4) is 12.3 Å². The zero-order chi connectivity index (χ0) is 12.1. The molecule has 2 nitrogen and oxygen atoms in total. The van der Waals surface area contributed by atoms with E-state index in [9.17, 15) is 0 Å². The van der Waals surface area contributed by atoms with Crippen LogP contribution in [-0.4, -0.2) is 4.98 Å². The number of rotatable bonds is 0. The zero-order valence-electron chi connectivity index (χ0n) is 9.91. The standard InChI is InChI=1S/C12H10N2.C2H6/c1-3-9-5-4-6-10-7-11(13)14-8(2)12(9)10;1-2/h1,4-7H,2H3,(H2,13,14);1-2H3. The molecule has 0 aliphatic carbocycles. The van der Waals surface area contributed by atoms with Gasteiger partial charge in [0.2, 0.25) is 0 Å². The van der Waals surface area contributed by atoms with E-state index in [0.717, 1.165) is 22.0 Å². The van der Waals surface area contributed by atoms with Gasteiger partial charge in [0.15, 0.2) is 0 Å². The summed E-state index contributed by atoms with van der Waals surface area (Å²) in [5, 5.41) is 2.06. The second kappa shape index (κ2) is 5.18. The third kappa shape index (κ3) is 2.14. The summed E-state index contributed by atoms with van der Waals surface area (Å²) in [6.45, 7) is 5.92. The van der Waals surface area contributed by atoms with E-state index in [4.69, 9.17) is 12.2 Å². The van der Waals surface area contributed by atoms with Crippen LogP contribution in [0, 0.1) is 19.3 Å². The van der Waals surface area contributed by atoms with Gasteiger partial charge >= 0.3 is 0 Å². The average molecular weight is 212 g/mol. The van der Waals surface area contributed by atoms with Gasteiger partial charge in [0.25, 0.3) is 0 Å². The number of terminal acetylenes is 1. The second-order valence-electron chi connectivity index (χ2n) is 3.18. The molecule has 0 aliphatic heterocycles. The number of aryl methyl sites for hydroxylation is 1. The molecule has 0 saturated heterocycles. The van der Waals surface area contributed by atoms with Crippen LogP contribution in [-0.2, 0) is 0 Å². The number of hydrogen-bond donors (Lipinski definition) is 1. The van der Waals surface area contributed by atoms with E-state index in [1.54, 1.807) is 0 Å². The third-order valence-electron chi connectivity index (χ3n) is 2.21. The van der Waals surface area contributed by atoms with Crippen LogP contribution < -0.4 is 5.73 Å². The van der Waals surface area contributed by atoms with Gasteiger partial charge in [0.05, 0.1) is 0 Å². The van der Waals surface area contributed by atoms with Gasteiger partial charge in [-0.15, -0.1) is 6.42 Å². The van der Waals surface area contributed by atoms with E-state index in [-0.39, 0.29) is 0 Å². The maximum absolute atomic E-state index is 5.65. The average Bonchev–Trinajstić information content (AvgIpc) is 2.30. The Morgan fingerprint density at radius 2 is 2.00 bits per heavy atom. The highest BCUT2D eigenvalue weighted by Gasteiger charge is 2.03. The molecule has 0 unspecified atom stereocenters. The fourth-order valence-electron chi connectivity index (χ4n) is 1.66. The van der Waals surface area contributed by atoms with Crippen molar-refractivity contribution in [2.24, 2.45) is 0 Å². The Labute approximate surface area is 96.5 Å². The highest BCUT2D eigenvalue weighted by atomic mass is 14.8. The van der Waals surface area contributed by atoms with Gasteiger partial charge in [-0.25, -0.2) is 4.98 Å². The van der Waals surface area contributed by atoms with Crippen molar-refractivity contribution in [1.82, 2.24) is 4.98 Å². The van der Waals surface area contributed by atoms with Crippen molar-refractivity contribution >= 4 is 16.6 Å². The molecule has 82 valence electrons. The first-order valence-electron chi connectivity index (χ1n) is 5.35. The fraction of sp³-hybridized carbons (Fsp3) is 0.214. The predicted octanol–water partition coefficient (Wildman–Crippen LogP) is 3.13. The largest absolute Gasteiger partial charge is 0.384 e. The van der Waals surface area contributed by atoms with Gasteiger partial charge in [0, 0.05) is 16.6 Å². The summed E-state index contributed by atoms with van der Waals surface area (Å²) in [5.74, 6) is 3.18. The SMILES string of the molecule is C#Cc1cccc2cc(N)nc(C)c12.CC. The Bertz CT molecular complexity index is 536. The third-order valence-corrected chi connectivity index (χ3v) is 2.21. The molecule has 0 fully saturated rings. The predicted molar refractivity (Wildman–Crippen MR) is 70.2 cm³/mol. The lowest BCUT2D eigenvalue weighted by Crippen LogP contribution is -1.94. The first kappa shape index (κ1) is 12.1. The molecule has 0 radical (unpaired) electrons. The molecular formula is C14H16N2. The topological polar surface area (TPSA) is 38.9 Å². The van der Waals surface area contributed by atoms with Gasteiger partial charge in [-0.2, -0.15) is 0 Å². The number of aromatic nitrogens is 1. The van der Waals surface area contributed by atoms with Crippen molar-refractivity contribution < 1.29 is 0 Å². The Balaban J connectivity index is 0.000000606. The number of nitrogens with two attached hydrogens (primary N) is 1. The number of anilines is 1. The van der Waals surface area contributed by atoms with Crippen LogP contribution in [0.25, 0.3) is 10.8 Å². The molecule has 0 aliphatic rings. The normalized spacial score (nSPS) is 9.12. The van der Waals surface area contributed by atoms with Crippen LogP contribution in [0.15, 0.2) is 24.3 Å². The Morgan fingerprint density at radius 1 is 1.31 bits per heavy atom. The van der Waals surface area contributed by atoms with E-state index < -0.39 is 0 Å². The highest BCUT2D eigenvalue weighted by Crippen LogP contribution is 2.22. The van der Waals surface area contributed by atoms with Crippen LogP contribution in [0.3, 0.4) is 0 Å². The van der Waals surface area contributed by atoms with E-state index in [1.165, 1.54) is 0 Å².